The van der Waals surface area contributed by atoms with E-state index in [4.69, 9.17) is 14.2 Å². The van der Waals surface area contributed by atoms with Crippen LogP contribution in [-0.4, -0.2) is 31.6 Å². The number of ether oxygens (including phenoxy) is 3. The van der Waals surface area contributed by atoms with E-state index in [1.807, 2.05) is 0 Å². The molecule has 5 nitrogen and oxygen atoms in total. The first kappa shape index (κ1) is 14.4. The molecule has 0 saturated carbocycles. The Morgan fingerprint density at radius 2 is 1.90 bits per heavy atom. The van der Waals surface area contributed by atoms with Gasteiger partial charge in [0.2, 0.25) is 0 Å². The molecule has 0 amide bonds. The van der Waals surface area contributed by atoms with E-state index in [9.17, 15) is 9.59 Å². The summed E-state index contributed by atoms with van der Waals surface area (Å²) in [6, 6.07) is 5.16. The van der Waals surface area contributed by atoms with Gasteiger partial charge < -0.3 is 14.2 Å². The third-order valence-electron chi connectivity index (χ3n) is 2.95. The number of Topliss-reactive ketones (excluding diaryl/α,β-unsaturated/α-hetero) is 1. The molecule has 0 unspecified atom stereocenters. The van der Waals surface area contributed by atoms with E-state index in [-0.39, 0.29) is 18.2 Å². The summed E-state index contributed by atoms with van der Waals surface area (Å²) in [5.41, 5.74) is 0.582. The summed E-state index contributed by atoms with van der Waals surface area (Å²) in [5, 5.41) is 0. The SMILES string of the molecule is CCOC(=O)CCCC(=O)c1ccc2c(c1)OCCO2. The van der Waals surface area contributed by atoms with Gasteiger partial charge in [-0.1, -0.05) is 0 Å². The number of benzene rings is 1. The van der Waals surface area contributed by atoms with Crippen LogP contribution in [0.5, 0.6) is 11.5 Å². The van der Waals surface area contributed by atoms with Gasteiger partial charge in [-0.3, -0.25) is 9.59 Å². The van der Waals surface area contributed by atoms with Crippen molar-refractivity contribution in [3.8, 4) is 11.5 Å². The molecule has 1 aromatic rings. The van der Waals surface area contributed by atoms with Crippen molar-refractivity contribution in [2.24, 2.45) is 0 Å². The minimum absolute atomic E-state index is 0.00808. The van der Waals surface area contributed by atoms with Gasteiger partial charge in [0.25, 0.3) is 0 Å². The van der Waals surface area contributed by atoms with E-state index in [1.165, 1.54) is 0 Å². The summed E-state index contributed by atoms with van der Waals surface area (Å²) in [6.45, 7) is 3.15. The second kappa shape index (κ2) is 6.93. The van der Waals surface area contributed by atoms with E-state index in [2.05, 4.69) is 0 Å². The van der Waals surface area contributed by atoms with Crippen LogP contribution in [0.1, 0.15) is 36.5 Å². The summed E-state index contributed by atoms with van der Waals surface area (Å²) in [5.74, 6) is 1.00. The van der Waals surface area contributed by atoms with E-state index < -0.39 is 0 Å². The second-order valence-electron chi connectivity index (χ2n) is 4.44. The van der Waals surface area contributed by atoms with Crippen molar-refractivity contribution in [1.82, 2.24) is 0 Å². The molecule has 1 heterocycles. The van der Waals surface area contributed by atoms with Gasteiger partial charge in [-0.2, -0.15) is 0 Å². The van der Waals surface area contributed by atoms with Crippen LogP contribution >= 0.6 is 0 Å². The van der Waals surface area contributed by atoms with Crippen LogP contribution < -0.4 is 9.47 Å². The maximum Gasteiger partial charge on any atom is 0.305 e. The van der Waals surface area contributed by atoms with Gasteiger partial charge in [0.05, 0.1) is 6.61 Å². The summed E-state index contributed by atoms with van der Waals surface area (Å²) in [7, 11) is 0. The number of esters is 1. The van der Waals surface area contributed by atoms with Crippen LogP contribution in [0, 0.1) is 0 Å². The molecule has 0 aromatic heterocycles. The molecular weight excluding hydrogens is 260 g/mol. The Kier molecular flexibility index (Phi) is 4.98. The lowest BCUT2D eigenvalue weighted by molar-refractivity contribution is -0.143. The summed E-state index contributed by atoms with van der Waals surface area (Å²) >= 11 is 0. The quantitative estimate of drug-likeness (QED) is 0.590. The van der Waals surface area contributed by atoms with Gasteiger partial charge in [0.15, 0.2) is 17.3 Å². The van der Waals surface area contributed by atoms with Crippen LogP contribution in [0.3, 0.4) is 0 Å². The van der Waals surface area contributed by atoms with Crippen molar-refractivity contribution in [3.05, 3.63) is 23.8 Å². The normalized spacial score (nSPS) is 12.8. The minimum atomic E-state index is -0.262. The predicted octanol–water partition coefficient (Wildman–Crippen LogP) is 2.37. The maximum absolute atomic E-state index is 12.0. The Morgan fingerprint density at radius 1 is 1.15 bits per heavy atom. The zero-order valence-corrected chi connectivity index (χ0v) is 11.5. The number of rotatable bonds is 6. The highest BCUT2D eigenvalue weighted by molar-refractivity contribution is 5.96. The molecular formula is C15H18O5. The van der Waals surface area contributed by atoms with Crippen molar-refractivity contribution in [3.63, 3.8) is 0 Å². The van der Waals surface area contributed by atoms with Crippen LogP contribution in [0.4, 0.5) is 0 Å². The number of carbonyl (C=O) groups excluding carboxylic acids is 2. The smallest absolute Gasteiger partial charge is 0.305 e. The van der Waals surface area contributed by atoms with Gasteiger partial charge in [-0.15, -0.1) is 0 Å². The van der Waals surface area contributed by atoms with Crippen molar-refractivity contribution >= 4 is 11.8 Å². The van der Waals surface area contributed by atoms with Gasteiger partial charge in [0.1, 0.15) is 13.2 Å². The first-order chi connectivity index (χ1) is 9.70. The van der Waals surface area contributed by atoms with Crippen molar-refractivity contribution in [2.75, 3.05) is 19.8 Å². The molecule has 0 bridgehead atoms. The molecule has 0 N–H and O–H groups in total. The second-order valence-corrected chi connectivity index (χ2v) is 4.44. The molecule has 108 valence electrons. The zero-order valence-electron chi connectivity index (χ0n) is 11.5. The van der Waals surface area contributed by atoms with Crippen LogP contribution in [-0.2, 0) is 9.53 Å². The fourth-order valence-electron chi connectivity index (χ4n) is 1.99. The van der Waals surface area contributed by atoms with Crippen molar-refractivity contribution < 1.29 is 23.8 Å². The number of ketones is 1. The molecule has 0 saturated heterocycles. The fraction of sp³-hybridized carbons (Fsp3) is 0.467. The largest absolute Gasteiger partial charge is 0.486 e. The number of hydrogen-bond donors (Lipinski definition) is 0. The van der Waals surface area contributed by atoms with Gasteiger partial charge in [-0.25, -0.2) is 0 Å². The molecule has 1 aliphatic rings. The van der Waals surface area contributed by atoms with Crippen molar-refractivity contribution in [1.29, 1.82) is 0 Å². The lowest BCUT2D eigenvalue weighted by Gasteiger charge is -2.18. The minimum Gasteiger partial charge on any atom is -0.486 e. The average molecular weight is 278 g/mol. The molecule has 1 aliphatic heterocycles. The Morgan fingerprint density at radius 3 is 2.65 bits per heavy atom. The highest BCUT2D eigenvalue weighted by Gasteiger charge is 2.15. The molecule has 20 heavy (non-hydrogen) atoms. The summed E-state index contributed by atoms with van der Waals surface area (Å²) < 4.78 is 15.7. The van der Waals surface area contributed by atoms with E-state index in [0.717, 1.165) is 0 Å². The van der Waals surface area contributed by atoms with Gasteiger partial charge in [0, 0.05) is 18.4 Å². The van der Waals surface area contributed by atoms with Crippen molar-refractivity contribution in [2.45, 2.75) is 26.2 Å². The molecule has 0 radical (unpaired) electrons. The zero-order chi connectivity index (χ0) is 14.4. The first-order valence-electron chi connectivity index (χ1n) is 6.79. The van der Waals surface area contributed by atoms with E-state index in [0.29, 0.717) is 49.7 Å². The Labute approximate surface area is 117 Å². The van der Waals surface area contributed by atoms with E-state index in [1.54, 1.807) is 25.1 Å². The average Bonchev–Trinajstić information content (AvgIpc) is 2.47. The Balaban J connectivity index is 1.88. The maximum atomic E-state index is 12.0. The Hall–Kier alpha value is -2.04. The lowest BCUT2D eigenvalue weighted by atomic mass is 10.0. The molecule has 0 spiro atoms. The number of hydrogen-bond acceptors (Lipinski definition) is 5. The first-order valence-corrected chi connectivity index (χ1v) is 6.79. The third-order valence-corrected chi connectivity index (χ3v) is 2.95. The fourth-order valence-corrected chi connectivity index (χ4v) is 1.99. The monoisotopic (exact) mass is 278 g/mol. The summed E-state index contributed by atoms with van der Waals surface area (Å²) in [4.78, 5) is 23.2. The standard InChI is InChI=1S/C15H18O5/c1-2-18-15(17)5-3-4-12(16)11-6-7-13-14(10-11)20-9-8-19-13/h6-7,10H,2-5,8-9H2,1H3. The number of carbonyl (C=O) groups is 2. The lowest BCUT2D eigenvalue weighted by Crippen LogP contribution is -2.15. The molecule has 0 atom stereocenters. The molecule has 2 rings (SSSR count). The van der Waals surface area contributed by atoms with Crippen LogP contribution in [0.2, 0.25) is 0 Å². The highest BCUT2D eigenvalue weighted by atomic mass is 16.6. The van der Waals surface area contributed by atoms with Crippen LogP contribution in [0.15, 0.2) is 18.2 Å². The Bertz CT molecular complexity index is 495. The van der Waals surface area contributed by atoms with Gasteiger partial charge in [-0.05, 0) is 31.5 Å². The molecule has 5 heteroatoms. The topological polar surface area (TPSA) is 61.8 Å². The molecule has 0 aliphatic carbocycles. The molecule has 0 fully saturated rings. The predicted molar refractivity (Wildman–Crippen MR) is 72.2 cm³/mol. The highest BCUT2D eigenvalue weighted by Crippen LogP contribution is 2.31. The summed E-state index contributed by atoms with van der Waals surface area (Å²) in [6.07, 6.45) is 1.08. The van der Waals surface area contributed by atoms with Gasteiger partial charge >= 0.3 is 5.97 Å². The van der Waals surface area contributed by atoms with Crippen LogP contribution in [0.25, 0.3) is 0 Å². The third kappa shape index (κ3) is 3.73. The number of fused-ring (bicyclic) bond motifs is 1. The van der Waals surface area contributed by atoms with E-state index >= 15 is 0 Å². The molecule has 1 aromatic carbocycles.